The van der Waals surface area contributed by atoms with Gasteiger partial charge in [0.25, 0.3) is 0 Å². The molecule has 8 heteroatoms. The molecule has 0 fully saturated rings. The Morgan fingerprint density at radius 1 is 1.20 bits per heavy atom. The molecule has 1 aliphatic heterocycles. The van der Waals surface area contributed by atoms with E-state index in [4.69, 9.17) is 17.0 Å². The largest absolute Gasteiger partial charge is 0.468 e. The van der Waals surface area contributed by atoms with Crippen molar-refractivity contribution >= 4 is 23.0 Å². The molecule has 174 valence electrons. The van der Waals surface area contributed by atoms with Crippen LogP contribution >= 0.6 is 12.2 Å². The van der Waals surface area contributed by atoms with Crippen LogP contribution < -0.4 is 5.43 Å². The molecule has 2 aliphatic rings. The molecule has 2 aromatic carbocycles. The topological polar surface area (TPSA) is 83.1 Å². The van der Waals surface area contributed by atoms with Crippen molar-refractivity contribution in [1.82, 2.24) is 25.6 Å². The number of amides is 1. The second-order valence-electron chi connectivity index (χ2n) is 8.39. The highest BCUT2D eigenvalue weighted by molar-refractivity contribution is 7.80. The monoisotopic (exact) mass is 481 g/mol. The Morgan fingerprint density at radius 2 is 1.97 bits per heavy atom. The fraction of sp³-hybridized carbons (Fsp3) is 0.185. The third-order valence-corrected chi connectivity index (χ3v) is 6.36. The van der Waals surface area contributed by atoms with E-state index in [0.29, 0.717) is 28.6 Å². The first kappa shape index (κ1) is 22.6. The summed E-state index contributed by atoms with van der Waals surface area (Å²) in [5.74, 6) is 7.22. The molecule has 0 saturated heterocycles. The molecule has 0 bridgehead atoms. The fourth-order valence-corrected chi connectivity index (χ4v) is 4.19. The molecule has 35 heavy (non-hydrogen) atoms. The van der Waals surface area contributed by atoms with Gasteiger partial charge in [-0.2, -0.15) is 0 Å². The Kier molecular flexibility index (Phi) is 6.17. The molecule has 3 aromatic rings. The van der Waals surface area contributed by atoms with Crippen LogP contribution in [-0.4, -0.2) is 37.7 Å². The van der Waals surface area contributed by atoms with Gasteiger partial charge in [0.2, 0.25) is 5.82 Å². The number of ether oxygens (including phenoxy) is 1. The van der Waals surface area contributed by atoms with Gasteiger partial charge in [0, 0.05) is 17.9 Å². The summed E-state index contributed by atoms with van der Waals surface area (Å²) in [6, 6.07) is 17.8. The predicted octanol–water partition coefficient (Wildman–Crippen LogP) is 3.85. The molecule has 1 aromatic heterocycles. The van der Waals surface area contributed by atoms with Crippen LogP contribution in [0.4, 0.5) is 0 Å². The number of carbonyl (C=O) groups excluding carboxylic acids is 1. The van der Waals surface area contributed by atoms with Crippen LogP contribution in [0.5, 0.6) is 0 Å². The van der Waals surface area contributed by atoms with Crippen molar-refractivity contribution in [2.24, 2.45) is 5.92 Å². The Bertz CT molecular complexity index is 1430. The van der Waals surface area contributed by atoms with E-state index < -0.39 is 5.91 Å². The van der Waals surface area contributed by atoms with Crippen molar-refractivity contribution in [2.45, 2.75) is 20.3 Å². The number of aromatic amines is 1. The SMILES string of the molecule is Cc1ccccc1C#CC1=C[C@H](C)C(=S)C2=C1OCN2NC(=O)c1n[nH]c(Cc2ccccc2)n1. The normalized spacial score (nSPS) is 16.7. The van der Waals surface area contributed by atoms with Crippen molar-refractivity contribution in [3.8, 4) is 11.8 Å². The highest BCUT2D eigenvalue weighted by Gasteiger charge is 2.35. The van der Waals surface area contributed by atoms with Crippen LogP contribution in [0.2, 0.25) is 0 Å². The number of aryl methyl sites for hydroxylation is 1. The van der Waals surface area contributed by atoms with Gasteiger partial charge in [-0.05, 0) is 24.1 Å². The summed E-state index contributed by atoms with van der Waals surface area (Å²) >= 11 is 5.68. The Balaban J connectivity index is 1.34. The molecule has 0 spiro atoms. The van der Waals surface area contributed by atoms with Crippen LogP contribution in [0.15, 0.2) is 77.7 Å². The lowest BCUT2D eigenvalue weighted by Gasteiger charge is -2.24. The zero-order chi connectivity index (χ0) is 24.4. The molecule has 2 N–H and O–H groups in total. The summed E-state index contributed by atoms with van der Waals surface area (Å²) in [5.41, 5.74) is 7.37. The average Bonchev–Trinajstić information content (AvgIpc) is 3.50. The standard InChI is InChI=1S/C27H23N5O2S/c1-17-8-6-7-11-20(17)12-13-21-14-18(2)25(35)23-24(21)34-16-32(23)31-27(33)26-28-22(29-30-26)15-19-9-4-3-5-10-19/h3-11,14,18H,15-16H2,1-2H3,(H,31,33)(H,28,29,30)/t18-/m0/s1. The molecule has 1 amide bonds. The molecule has 0 radical (unpaired) electrons. The first-order chi connectivity index (χ1) is 17.0. The summed E-state index contributed by atoms with van der Waals surface area (Å²) < 4.78 is 5.92. The lowest BCUT2D eigenvalue weighted by atomic mass is 9.93. The van der Waals surface area contributed by atoms with E-state index in [0.717, 1.165) is 22.3 Å². The first-order valence-corrected chi connectivity index (χ1v) is 11.7. The van der Waals surface area contributed by atoms with Gasteiger partial charge < -0.3 is 4.74 Å². The molecular formula is C27H23N5O2S. The van der Waals surface area contributed by atoms with Gasteiger partial charge in [-0.25, -0.2) is 9.99 Å². The zero-order valence-electron chi connectivity index (χ0n) is 19.3. The van der Waals surface area contributed by atoms with Crippen molar-refractivity contribution in [3.63, 3.8) is 0 Å². The third-order valence-electron chi connectivity index (χ3n) is 5.79. The van der Waals surface area contributed by atoms with Crippen LogP contribution in [0, 0.1) is 24.7 Å². The summed E-state index contributed by atoms with van der Waals surface area (Å²) in [6.07, 6.45) is 2.56. The molecule has 5 rings (SSSR count). The number of hydrogen-bond acceptors (Lipinski definition) is 6. The molecule has 0 unspecified atom stereocenters. The number of H-pyrrole nitrogens is 1. The summed E-state index contributed by atoms with van der Waals surface area (Å²) in [5, 5.41) is 8.52. The molecule has 0 saturated carbocycles. The minimum atomic E-state index is -0.449. The van der Waals surface area contributed by atoms with Crippen molar-refractivity contribution in [3.05, 3.63) is 106 Å². The number of nitrogens with one attached hydrogen (secondary N) is 2. The van der Waals surface area contributed by atoms with Gasteiger partial charge in [-0.15, -0.1) is 5.10 Å². The maximum absolute atomic E-state index is 12.9. The van der Waals surface area contributed by atoms with E-state index in [1.807, 2.05) is 74.5 Å². The summed E-state index contributed by atoms with van der Waals surface area (Å²) in [7, 11) is 0. The van der Waals surface area contributed by atoms with Crippen molar-refractivity contribution in [1.29, 1.82) is 0 Å². The summed E-state index contributed by atoms with van der Waals surface area (Å²) in [6.45, 7) is 4.15. The maximum Gasteiger partial charge on any atom is 0.309 e. The number of hydrazine groups is 1. The minimum absolute atomic E-state index is 0.0352. The number of carbonyl (C=O) groups is 1. The highest BCUT2D eigenvalue weighted by atomic mass is 32.1. The third kappa shape index (κ3) is 4.72. The second-order valence-corrected chi connectivity index (χ2v) is 8.83. The van der Waals surface area contributed by atoms with E-state index in [1.54, 1.807) is 5.01 Å². The quantitative estimate of drug-likeness (QED) is 0.435. The highest BCUT2D eigenvalue weighted by Crippen LogP contribution is 2.33. The molecule has 1 atom stereocenters. The Hall–Kier alpha value is -4.22. The first-order valence-electron chi connectivity index (χ1n) is 11.2. The maximum atomic E-state index is 12.9. The smallest absolute Gasteiger partial charge is 0.309 e. The van der Waals surface area contributed by atoms with Crippen molar-refractivity contribution < 1.29 is 9.53 Å². The van der Waals surface area contributed by atoms with E-state index in [1.165, 1.54) is 0 Å². The molecule has 2 heterocycles. The Morgan fingerprint density at radius 3 is 2.77 bits per heavy atom. The number of nitrogens with zero attached hydrogens (tertiary/aromatic N) is 3. The summed E-state index contributed by atoms with van der Waals surface area (Å²) in [4.78, 5) is 17.9. The second kappa shape index (κ2) is 9.57. The lowest BCUT2D eigenvalue weighted by molar-refractivity contribution is 0.0718. The number of hydrogen-bond donors (Lipinski definition) is 2. The van der Waals surface area contributed by atoms with E-state index in [2.05, 4.69) is 32.4 Å². The van der Waals surface area contributed by atoms with Gasteiger partial charge >= 0.3 is 5.91 Å². The number of rotatable bonds is 4. The van der Waals surface area contributed by atoms with Crippen molar-refractivity contribution in [2.75, 3.05) is 6.73 Å². The van der Waals surface area contributed by atoms with E-state index >= 15 is 0 Å². The van der Waals surface area contributed by atoms with Gasteiger partial charge in [0.1, 0.15) is 11.5 Å². The molecular weight excluding hydrogens is 458 g/mol. The van der Waals surface area contributed by atoms with Gasteiger partial charge in [0.05, 0.1) is 10.4 Å². The molecule has 7 nitrogen and oxygen atoms in total. The Labute approximate surface area is 208 Å². The van der Waals surface area contributed by atoms with E-state index in [-0.39, 0.29) is 18.5 Å². The number of thiocarbonyl (C=S) groups is 1. The predicted molar refractivity (Wildman–Crippen MR) is 136 cm³/mol. The number of allylic oxidation sites excluding steroid dienone is 3. The van der Waals surface area contributed by atoms with E-state index in [9.17, 15) is 4.79 Å². The van der Waals surface area contributed by atoms with Crippen LogP contribution in [0.25, 0.3) is 0 Å². The zero-order valence-corrected chi connectivity index (χ0v) is 20.1. The van der Waals surface area contributed by atoms with Gasteiger partial charge in [-0.3, -0.25) is 15.3 Å². The average molecular weight is 482 g/mol. The van der Waals surface area contributed by atoms with Crippen LogP contribution in [-0.2, 0) is 11.2 Å². The van der Waals surface area contributed by atoms with Gasteiger partial charge in [-0.1, -0.05) is 85.6 Å². The van der Waals surface area contributed by atoms with Gasteiger partial charge in [0.15, 0.2) is 12.5 Å². The number of benzene rings is 2. The van der Waals surface area contributed by atoms with Crippen LogP contribution in [0.1, 0.15) is 40.1 Å². The molecule has 1 aliphatic carbocycles. The minimum Gasteiger partial charge on any atom is -0.468 e. The number of aromatic nitrogens is 3. The lowest BCUT2D eigenvalue weighted by Crippen LogP contribution is -2.43. The van der Waals surface area contributed by atoms with Crippen LogP contribution in [0.3, 0.4) is 0 Å². The fourth-order valence-electron chi connectivity index (χ4n) is 3.92.